The highest BCUT2D eigenvalue weighted by atomic mass is 16.6. The molecule has 2 rings (SSSR count). The minimum Gasteiger partial charge on any atom is -0.398 e. The maximum atomic E-state index is 12.1. The molecule has 0 atom stereocenters. The number of nitrogen functional groups attached to an aromatic ring is 1. The summed E-state index contributed by atoms with van der Waals surface area (Å²) in [5.74, 6) is -0.383. The molecule has 1 aromatic carbocycles. The van der Waals surface area contributed by atoms with Crippen LogP contribution in [-0.4, -0.2) is 29.6 Å². The number of anilines is 1. The molecule has 3 N–H and O–H groups in total. The monoisotopic (exact) mass is 279 g/mol. The fraction of sp³-hybridized carbons (Fsp3) is 0.462. The van der Waals surface area contributed by atoms with E-state index in [-0.39, 0.29) is 35.0 Å². The summed E-state index contributed by atoms with van der Waals surface area (Å²) < 4.78 is 5.40. The number of nitrogens with zero attached hydrogens (tertiary/aromatic N) is 1. The topological polar surface area (TPSA) is 107 Å². The van der Waals surface area contributed by atoms with Crippen molar-refractivity contribution in [3.8, 4) is 0 Å². The molecule has 20 heavy (non-hydrogen) atoms. The van der Waals surface area contributed by atoms with Gasteiger partial charge in [0.1, 0.15) is 0 Å². The molecule has 1 amide bonds. The third-order valence-electron chi connectivity index (χ3n) is 3.32. The number of nitro benzene ring substituents is 1. The SMILES string of the molecule is CCOC1CC(NC(=O)c2cc([N+](=O)[O-])ccc2N)C1. The lowest BCUT2D eigenvalue weighted by molar-refractivity contribution is -0.384. The molecule has 0 aromatic heterocycles. The fourth-order valence-corrected chi connectivity index (χ4v) is 2.17. The van der Waals surface area contributed by atoms with Gasteiger partial charge < -0.3 is 15.8 Å². The van der Waals surface area contributed by atoms with E-state index in [2.05, 4.69) is 5.32 Å². The Bertz CT molecular complexity index is 526. The summed E-state index contributed by atoms with van der Waals surface area (Å²) in [6.07, 6.45) is 1.70. The Morgan fingerprint density at radius 3 is 2.85 bits per heavy atom. The lowest BCUT2D eigenvalue weighted by Crippen LogP contribution is -2.47. The first-order chi connectivity index (χ1) is 9.51. The number of benzene rings is 1. The molecule has 0 saturated heterocycles. The Kier molecular flexibility index (Phi) is 4.19. The number of carbonyl (C=O) groups is 1. The number of nitrogens with two attached hydrogens (primary N) is 1. The number of carbonyl (C=O) groups excluding carboxylic acids is 1. The molecule has 0 heterocycles. The Labute approximate surface area is 116 Å². The van der Waals surface area contributed by atoms with Crippen LogP contribution in [0.25, 0.3) is 0 Å². The van der Waals surface area contributed by atoms with E-state index in [0.29, 0.717) is 6.61 Å². The number of hydrogen-bond acceptors (Lipinski definition) is 5. The van der Waals surface area contributed by atoms with E-state index >= 15 is 0 Å². The van der Waals surface area contributed by atoms with E-state index in [1.165, 1.54) is 18.2 Å². The predicted octanol–water partition coefficient (Wildman–Crippen LogP) is 1.47. The summed E-state index contributed by atoms with van der Waals surface area (Å²) in [6.45, 7) is 2.58. The fourth-order valence-electron chi connectivity index (χ4n) is 2.17. The van der Waals surface area contributed by atoms with Gasteiger partial charge in [-0.15, -0.1) is 0 Å². The highest BCUT2D eigenvalue weighted by Gasteiger charge is 2.31. The molecule has 7 heteroatoms. The van der Waals surface area contributed by atoms with Gasteiger partial charge in [-0.05, 0) is 25.8 Å². The van der Waals surface area contributed by atoms with Gasteiger partial charge >= 0.3 is 0 Å². The Balaban J connectivity index is 1.99. The molecule has 0 bridgehead atoms. The zero-order chi connectivity index (χ0) is 14.7. The number of ether oxygens (including phenoxy) is 1. The zero-order valence-electron chi connectivity index (χ0n) is 11.2. The first kappa shape index (κ1) is 14.3. The summed E-state index contributed by atoms with van der Waals surface area (Å²) in [4.78, 5) is 22.2. The average Bonchev–Trinajstić information content (AvgIpc) is 2.36. The van der Waals surface area contributed by atoms with Crippen LogP contribution in [0.1, 0.15) is 30.1 Å². The van der Waals surface area contributed by atoms with Gasteiger partial charge in [0, 0.05) is 30.5 Å². The van der Waals surface area contributed by atoms with Crippen molar-refractivity contribution in [2.24, 2.45) is 0 Å². The first-order valence-corrected chi connectivity index (χ1v) is 6.47. The molecule has 0 spiro atoms. The van der Waals surface area contributed by atoms with Crippen molar-refractivity contribution in [1.29, 1.82) is 0 Å². The molecule has 1 aliphatic carbocycles. The number of amides is 1. The van der Waals surface area contributed by atoms with E-state index in [4.69, 9.17) is 10.5 Å². The number of hydrogen-bond donors (Lipinski definition) is 2. The van der Waals surface area contributed by atoms with E-state index < -0.39 is 4.92 Å². The molecule has 0 radical (unpaired) electrons. The second-order valence-electron chi connectivity index (χ2n) is 4.75. The summed E-state index contributed by atoms with van der Waals surface area (Å²) in [7, 11) is 0. The van der Waals surface area contributed by atoms with Gasteiger partial charge in [0.15, 0.2) is 0 Å². The number of non-ortho nitro benzene ring substituents is 1. The van der Waals surface area contributed by atoms with Crippen molar-refractivity contribution in [2.45, 2.75) is 31.9 Å². The summed E-state index contributed by atoms with van der Waals surface area (Å²) in [6, 6.07) is 3.89. The molecule has 1 saturated carbocycles. The molecule has 108 valence electrons. The van der Waals surface area contributed by atoms with Crippen LogP contribution < -0.4 is 11.1 Å². The van der Waals surface area contributed by atoms with Crippen molar-refractivity contribution in [2.75, 3.05) is 12.3 Å². The molecule has 7 nitrogen and oxygen atoms in total. The Hall–Kier alpha value is -2.15. The van der Waals surface area contributed by atoms with Gasteiger partial charge in [-0.2, -0.15) is 0 Å². The van der Waals surface area contributed by atoms with E-state index in [0.717, 1.165) is 12.8 Å². The van der Waals surface area contributed by atoms with Crippen LogP contribution in [0.3, 0.4) is 0 Å². The van der Waals surface area contributed by atoms with E-state index in [9.17, 15) is 14.9 Å². The number of rotatable bonds is 5. The van der Waals surface area contributed by atoms with Crippen molar-refractivity contribution < 1.29 is 14.5 Å². The summed E-state index contributed by atoms with van der Waals surface area (Å²) >= 11 is 0. The second kappa shape index (κ2) is 5.87. The second-order valence-corrected chi connectivity index (χ2v) is 4.75. The van der Waals surface area contributed by atoms with Crippen molar-refractivity contribution in [1.82, 2.24) is 5.32 Å². The first-order valence-electron chi connectivity index (χ1n) is 6.47. The normalized spacial score (nSPS) is 21.1. The molecular weight excluding hydrogens is 262 g/mol. The summed E-state index contributed by atoms with van der Waals surface area (Å²) in [5, 5.41) is 13.5. The third-order valence-corrected chi connectivity index (χ3v) is 3.32. The lowest BCUT2D eigenvalue weighted by atomic mass is 9.89. The van der Waals surface area contributed by atoms with Crippen LogP contribution in [0.5, 0.6) is 0 Å². The maximum absolute atomic E-state index is 12.1. The molecular formula is C13H17N3O4. The predicted molar refractivity (Wildman–Crippen MR) is 73.4 cm³/mol. The largest absolute Gasteiger partial charge is 0.398 e. The van der Waals surface area contributed by atoms with Gasteiger partial charge in [-0.25, -0.2) is 0 Å². The zero-order valence-corrected chi connectivity index (χ0v) is 11.2. The van der Waals surface area contributed by atoms with E-state index in [1.54, 1.807) is 0 Å². The van der Waals surface area contributed by atoms with Crippen LogP contribution in [0.15, 0.2) is 18.2 Å². The van der Waals surface area contributed by atoms with Crippen LogP contribution in [0.4, 0.5) is 11.4 Å². The van der Waals surface area contributed by atoms with Gasteiger partial charge in [-0.3, -0.25) is 14.9 Å². The minimum atomic E-state index is -0.551. The molecule has 1 aliphatic rings. The quantitative estimate of drug-likeness (QED) is 0.482. The Morgan fingerprint density at radius 1 is 1.55 bits per heavy atom. The molecule has 1 aromatic rings. The Morgan fingerprint density at radius 2 is 2.25 bits per heavy atom. The molecule has 0 aliphatic heterocycles. The highest BCUT2D eigenvalue weighted by Crippen LogP contribution is 2.25. The van der Waals surface area contributed by atoms with E-state index in [1.807, 2.05) is 6.92 Å². The molecule has 0 unspecified atom stereocenters. The van der Waals surface area contributed by atoms with Crippen LogP contribution in [-0.2, 0) is 4.74 Å². The highest BCUT2D eigenvalue weighted by molar-refractivity contribution is 6.00. The van der Waals surface area contributed by atoms with Gasteiger partial charge in [0.2, 0.25) is 0 Å². The maximum Gasteiger partial charge on any atom is 0.270 e. The van der Waals surface area contributed by atoms with Crippen LogP contribution >= 0.6 is 0 Å². The van der Waals surface area contributed by atoms with Crippen molar-refractivity contribution in [3.63, 3.8) is 0 Å². The van der Waals surface area contributed by atoms with Gasteiger partial charge in [0.05, 0.1) is 16.6 Å². The van der Waals surface area contributed by atoms with Crippen molar-refractivity contribution in [3.05, 3.63) is 33.9 Å². The van der Waals surface area contributed by atoms with Gasteiger partial charge in [-0.1, -0.05) is 0 Å². The number of nitro groups is 1. The van der Waals surface area contributed by atoms with Crippen LogP contribution in [0, 0.1) is 10.1 Å². The summed E-state index contributed by atoms with van der Waals surface area (Å²) in [5.41, 5.74) is 5.91. The molecule has 1 fully saturated rings. The minimum absolute atomic E-state index is 0.0395. The van der Waals surface area contributed by atoms with Gasteiger partial charge in [0.25, 0.3) is 11.6 Å². The third kappa shape index (κ3) is 3.05. The van der Waals surface area contributed by atoms with Crippen LogP contribution in [0.2, 0.25) is 0 Å². The smallest absolute Gasteiger partial charge is 0.270 e. The average molecular weight is 279 g/mol. The number of nitrogens with one attached hydrogen (secondary N) is 1. The standard InChI is InChI=1S/C13H17N3O4/c1-2-20-10-5-8(6-10)15-13(17)11-7-9(16(18)19)3-4-12(11)14/h3-4,7-8,10H,2,5-6,14H2,1H3,(H,15,17). The van der Waals surface area contributed by atoms with Crippen molar-refractivity contribution >= 4 is 17.3 Å². The lowest BCUT2D eigenvalue weighted by Gasteiger charge is -2.35.